The van der Waals surface area contributed by atoms with Gasteiger partial charge in [0, 0.05) is 35.6 Å². The number of hydrogen-bond donors (Lipinski definition) is 0. The summed E-state index contributed by atoms with van der Waals surface area (Å²) in [5.74, 6) is -2.38. The number of esters is 2. The molecule has 2 aliphatic heterocycles. The molecule has 2 unspecified atom stereocenters. The van der Waals surface area contributed by atoms with Crippen molar-refractivity contribution in [1.82, 2.24) is 0 Å². The molecule has 8 nitrogen and oxygen atoms in total. The molecule has 0 aliphatic carbocycles. The molecule has 2 aliphatic rings. The van der Waals surface area contributed by atoms with E-state index in [1.807, 2.05) is 62.4 Å². The first-order valence-corrected chi connectivity index (χ1v) is 11.2. The molecule has 0 saturated heterocycles. The second-order valence-electron chi connectivity index (χ2n) is 8.44. The monoisotopic (exact) mass is 462 g/mol. The third-order valence-electron chi connectivity index (χ3n) is 5.98. The number of nitrogens with zero attached hydrogens (tertiary/aromatic N) is 2. The summed E-state index contributed by atoms with van der Waals surface area (Å²) >= 11 is 0. The second kappa shape index (κ2) is 9.91. The van der Waals surface area contributed by atoms with Gasteiger partial charge in [-0.3, -0.25) is 9.59 Å². The van der Waals surface area contributed by atoms with Crippen LogP contribution >= 0.6 is 0 Å². The van der Waals surface area contributed by atoms with Crippen molar-refractivity contribution in [2.45, 2.75) is 38.8 Å². The van der Waals surface area contributed by atoms with Crippen molar-refractivity contribution < 1.29 is 28.7 Å². The first kappa shape index (κ1) is 23.2. The maximum atomic E-state index is 12.6. The van der Waals surface area contributed by atoms with Crippen LogP contribution in [0.1, 0.15) is 25.0 Å². The zero-order valence-electron chi connectivity index (χ0n) is 19.1. The standard InChI is InChI=1S/C26H26N2O6/c1-17-13-19-7-3-5-9-21(19)27(17)23(29)15-33-25(31)11-12-26(32)34-16-24(30)28-18(2)14-20-8-4-6-10-22(20)28/h3-12,17-18H,13-16H2,1-2H3/b12-11+. The zero-order chi connectivity index (χ0) is 24.2. The third kappa shape index (κ3) is 4.85. The Morgan fingerprint density at radius 1 is 0.735 bits per heavy atom. The van der Waals surface area contributed by atoms with Crippen molar-refractivity contribution in [1.29, 1.82) is 0 Å². The van der Waals surface area contributed by atoms with Crippen LogP contribution in [0.3, 0.4) is 0 Å². The van der Waals surface area contributed by atoms with Crippen molar-refractivity contribution in [3.63, 3.8) is 0 Å². The lowest BCUT2D eigenvalue weighted by Gasteiger charge is -2.22. The van der Waals surface area contributed by atoms with Crippen LogP contribution in [0.5, 0.6) is 0 Å². The molecule has 2 heterocycles. The van der Waals surface area contributed by atoms with Crippen molar-refractivity contribution >= 4 is 35.1 Å². The van der Waals surface area contributed by atoms with Gasteiger partial charge in [-0.05, 0) is 49.9 Å². The number of benzene rings is 2. The minimum absolute atomic E-state index is 0.0306. The number of rotatable bonds is 6. The molecule has 2 amide bonds. The van der Waals surface area contributed by atoms with E-state index in [1.54, 1.807) is 9.80 Å². The molecule has 0 radical (unpaired) electrons. The van der Waals surface area contributed by atoms with E-state index in [2.05, 4.69) is 0 Å². The predicted octanol–water partition coefficient (Wildman–Crippen LogP) is 2.58. The molecule has 0 N–H and O–H groups in total. The van der Waals surface area contributed by atoms with Crippen molar-refractivity contribution in [3.05, 3.63) is 71.8 Å². The van der Waals surface area contributed by atoms with Crippen LogP contribution in [-0.2, 0) is 41.5 Å². The highest BCUT2D eigenvalue weighted by atomic mass is 16.5. The summed E-state index contributed by atoms with van der Waals surface area (Å²) in [7, 11) is 0. The van der Waals surface area contributed by atoms with Gasteiger partial charge >= 0.3 is 11.9 Å². The number of fused-ring (bicyclic) bond motifs is 2. The first-order chi connectivity index (χ1) is 16.3. The van der Waals surface area contributed by atoms with Gasteiger partial charge < -0.3 is 19.3 Å². The smallest absolute Gasteiger partial charge is 0.331 e. The van der Waals surface area contributed by atoms with Gasteiger partial charge in [0.25, 0.3) is 11.8 Å². The average Bonchev–Trinajstić information content (AvgIpc) is 3.34. The van der Waals surface area contributed by atoms with E-state index in [0.717, 1.165) is 47.5 Å². The summed E-state index contributed by atoms with van der Waals surface area (Å²) in [6.45, 7) is 2.97. The van der Waals surface area contributed by atoms with Crippen LogP contribution < -0.4 is 9.80 Å². The average molecular weight is 463 g/mol. The number of amides is 2. The largest absolute Gasteiger partial charge is 0.452 e. The fraction of sp³-hybridized carbons (Fsp3) is 0.308. The van der Waals surface area contributed by atoms with Crippen LogP contribution in [0.15, 0.2) is 60.7 Å². The first-order valence-electron chi connectivity index (χ1n) is 11.2. The lowest BCUT2D eigenvalue weighted by atomic mass is 10.1. The fourth-order valence-corrected chi connectivity index (χ4v) is 4.53. The van der Waals surface area contributed by atoms with Gasteiger partial charge in [-0.25, -0.2) is 9.59 Å². The van der Waals surface area contributed by atoms with Crippen molar-refractivity contribution in [2.24, 2.45) is 0 Å². The van der Waals surface area contributed by atoms with Crippen LogP contribution in [0.4, 0.5) is 11.4 Å². The molecule has 0 saturated carbocycles. The number of carbonyl (C=O) groups excluding carboxylic acids is 4. The summed E-state index contributed by atoms with van der Waals surface area (Å²) in [5, 5.41) is 0. The van der Waals surface area contributed by atoms with Crippen LogP contribution in [0.2, 0.25) is 0 Å². The molecule has 8 heteroatoms. The van der Waals surface area contributed by atoms with Gasteiger partial charge in [-0.15, -0.1) is 0 Å². The maximum absolute atomic E-state index is 12.6. The third-order valence-corrected chi connectivity index (χ3v) is 5.98. The quantitative estimate of drug-likeness (QED) is 0.484. The van der Waals surface area contributed by atoms with E-state index >= 15 is 0 Å². The SMILES string of the molecule is CC1Cc2ccccc2N1C(=O)COC(=O)/C=C/C(=O)OCC(=O)N1c2ccccc2CC1C. The van der Waals surface area contributed by atoms with Crippen LogP contribution in [-0.4, -0.2) is 49.1 Å². The van der Waals surface area contributed by atoms with E-state index in [4.69, 9.17) is 9.47 Å². The molecule has 0 aromatic heterocycles. The highest BCUT2D eigenvalue weighted by Crippen LogP contribution is 2.32. The molecular formula is C26H26N2O6. The van der Waals surface area contributed by atoms with Gasteiger partial charge in [0.1, 0.15) is 0 Å². The molecule has 34 heavy (non-hydrogen) atoms. The Hall–Kier alpha value is -3.94. The van der Waals surface area contributed by atoms with E-state index in [1.165, 1.54) is 0 Å². The fourth-order valence-electron chi connectivity index (χ4n) is 4.53. The summed E-state index contributed by atoms with van der Waals surface area (Å²) in [6, 6.07) is 15.1. The summed E-state index contributed by atoms with van der Waals surface area (Å²) in [5.41, 5.74) is 3.77. The van der Waals surface area contributed by atoms with Gasteiger partial charge in [0.2, 0.25) is 0 Å². The Morgan fingerprint density at radius 2 is 1.12 bits per heavy atom. The summed E-state index contributed by atoms with van der Waals surface area (Å²) < 4.78 is 9.98. The number of carbonyl (C=O) groups is 4. The Labute approximate surface area is 197 Å². The lowest BCUT2D eigenvalue weighted by molar-refractivity contribution is -0.144. The van der Waals surface area contributed by atoms with E-state index in [9.17, 15) is 19.2 Å². The van der Waals surface area contributed by atoms with Gasteiger partial charge in [0.15, 0.2) is 13.2 Å². The number of anilines is 2. The molecule has 0 fully saturated rings. The molecule has 2 aromatic carbocycles. The minimum atomic E-state index is -0.848. The topological polar surface area (TPSA) is 93.2 Å². The lowest BCUT2D eigenvalue weighted by Crippen LogP contribution is -2.38. The molecule has 176 valence electrons. The Balaban J connectivity index is 1.23. The van der Waals surface area contributed by atoms with E-state index in [-0.39, 0.29) is 23.9 Å². The zero-order valence-corrected chi connectivity index (χ0v) is 19.1. The summed E-state index contributed by atoms with van der Waals surface area (Å²) in [6.07, 6.45) is 3.24. The highest BCUT2D eigenvalue weighted by molar-refractivity contribution is 6.00. The molecule has 4 rings (SSSR count). The Morgan fingerprint density at radius 3 is 1.53 bits per heavy atom. The van der Waals surface area contributed by atoms with Crippen LogP contribution in [0.25, 0.3) is 0 Å². The molecular weight excluding hydrogens is 436 g/mol. The number of hydrogen-bond acceptors (Lipinski definition) is 6. The van der Waals surface area contributed by atoms with E-state index < -0.39 is 25.2 Å². The Bertz CT molecular complexity index is 1070. The minimum Gasteiger partial charge on any atom is -0.452 e. The molecule has 2 aromatic rings. The highest BCUT2D eigenvalue weighted by Gasteiger charge is 2.32. The summed E-state index contributed by atoms with van der Waals surface area (Å²) in [4.78, 5) is 52.3. The van der Waals surface area contributed by atoms with Crippen molar-refractivity contribution in [3.8, 4) is 0 Å². The van der Waals surface area contributed by atoms with Gasteiger partial charge in [0.05, 0.1) is 0 Å². The van der Waals surface area contributed by atoms with Crippen molar-refractivity contribution in [2.75, 3.05) is 23.0 Å². The second-order valence-corrected chi connectivity index (χ2v) is 8.44. The molecule has 2 atom stereocenters. The molecule has 0 bridgehead atoms. The predicted molar refractivity (Wildman–Crippen MR) is 125 cm³/mol. The molecule has 0 spiro atoms. The van der Waals surface area contributed by atoms with Gasteiger partial charge in [-0.2, -0.15) is 0 Å². The van der Waals surface area contributed by atoms with E-state index in [0.29, 0.717) is 0 Å². The maximum Gasteiger partial charge on any atom is 0.331 e. The normalized spacial score (nSPS) is 18.5. The Kier molecular flexibility index (Phi) is 6.77. The van der Waals surface area contributed by atoms with Gasteiger partial charge in [-0.1, -0.05) is 36.4 Å². The number of ether oxygens (including phenoxy) is 2. The van der Waals surface area contributed by atoms with Crippen LogP contribution in [0, 0.1) is 0 Å². The number of para-hydroxylation sites is 2.